The number of nitrogens with one attached hydrogen (secondary N) is 1. The number of hydrogen-bond acceptors (Lipinski definition) is 4. The van der Waals surface area contributed by atoms with Crippen LogP contribution in [0.1, 0.15) is 24.4 Å². The van der Waals surface area contributed by atoms with Crippen LogP contribution in [0.15, 0.2) is 22.7 Å². The van der Waals surface area contributed by atoms with Crippen molar-refractivity contribution >= 4 is 15.9 Å². The molecule has 0 spiro atoms. The maximum absolute atomic E-state index is 4.04. The summed E-state index contributed by atoms with van der Waals surface area (Å²) in [6.07, 6.45) is 0. The second kappa shape index (κ2) is 4.93. The molecule has 5 nitrogen and oxygen atoms in total. The Balaban J connectivity index is 2.46. The maximum Gasteiger partial charge on any atom is 0.173 e. The molecule has 0 radical (unpaired) electrons. The second-order valence-electron chi connectivity index (χ2n) is 3.89. The average molecular weight is 296 g/mol. The molecule has 1 heterocycles. The van der Waals surface area contributed by atoms with Crippen LogP contribution in [0, 0.1) is 6.92 Å². The molecule has 1 atom stereocenters. The lowest BCUT2D eigenvalue weighted by molar-refractivity contribution is 0.588. The quantitative estimate of drug-likeness (QED) is 0.941. The summed E-state index contributed by atoms with van der Waals surface area (Å²) in [5.41, 5.74) is 2.12. The highest BCUT2D eigenvalue weighted by Gasteiger charge is 2.14. The summed E-state index contributed by atoms with van der Waals surface area (Å²) in [5, 5.41) is 14.9. The Labute approximate surface area is 108 Å². The average Bonchev–Trinajstić information content (AvgIpc) is 2.80. The molecule has 2 aromatic rings. The molecule has 0 aliphatic heterocycles. The molecule has 2 rings (SSSR count). The molecule has 0 saturated heterocycles. The molecular formula is C11H14BrN5. The van der Waals surface area contributed by atoms with E-state index in [1.165, 1.54) is 0 Å². The summed E-state index contributed by atoms with van der Waals surface area (Å²) in [7, 11) is 1.89. The van der Waals surface area contributed by atoms with Gasteiger partial charge in [0.15, 0.2) is 5.82 Å². The van der Waals surface area contributed by atoms with Crippen molar-refractivity contribution in [2.45, 2.75) is 19.9 Å². The molecule has 0 aliphatic carbocycles. The fraction of sp³-hybridized carbons (Fsp3) is 0.364. The van der Waals surface area contributed by atoms with Gasteiger partial charge in [0, 0.05) is 4.47 Å². The summed E-state index contributed by atoms with van der Waals surface area (Å²) in [6.45, 7) is 4.06. The molecule has 0 amide bonds. The molecule has 6 heteroatoms. The molecule has 17 heavy (non-hydrogen) atoms. The molecule has 1 unspecified atom stereocenters. The van der Waals surface area contributed by atoms with E-state index in [0.717, 1.165) is 21.5 Å². The number of aryl methyl sites for hydroxylation is 1. The number of aromatic nitrogens is 4. The van der Waals surface area contributed by atoms with Gasteiger partial charge in [-0.15, -0.1) is 5.10 Å². The summed E-state index contributed by atoms with van der Waals surface area (Å²) in [6, 6.07) is 6.14. The minimum Gasteiger partial charge on any atom is -0.311 e. The lowest BCUT2D eigenvalue weighted by Gasteiger charge is -2.11. The molecule has 0 fully saturated rings. The van der Waals surface area contributed by atoms with Crippen LogP contribution in [-0.4, -0.2) is 27.3 Å². The van der Waals surface area contributed by atoms with Gasteiger partial charge in [0.2, 0.25) is 0 Å². The van der Waals surface area contributed by atoms with Crippen molar-refractivity contribution in [2.24, 2.45) is 0 Å². The van der Waals surface area contributed by atoms with Gasteiger partial charge in [-0.05, 0) is 55.1 Å². The standard InChI is InChI=1S/C11H14BrN5/c1-7-6-9(4-5-10(7)12)17-11(8(2)13-3)14-15-16-17/h4-6,8,13H,1-3H3. The zero-order chi connectivity index (χ0) is 12.4. The zero-order valence-electron chi connectivity index (χ0n) is 9.98. The third-order valence-corrected chi connectivity index (χ3v) is 3.59. The third kappa shape index (κ3) is 2.37. The number of benzene rings is 1. The Morgan fingerprint density at radius 2 is 2.18 bits per heavy atom. The maximum atomic E-state index is 4.04. The molecule has 90 valence electrons. The summed E-state index contributed by atoms with van der Waals surface area (Å²) >= 11 is 3.48. The predicted octanol–water partition coefficient (Wildman–Crippen LogP) is 2.01. The second-order valence-corrected chi connectivity index (χ2v) is 4.75. The number of halogens is 1. The van der Waals surface area contributed by atoms with Crippen LogP contribution in [0.2, 0.25) is 0 Å². The van der Waals surface area contributed by atoms with Crippen LogP contribution in [0.5, 0.6) is 0 Å². The lowest BCUT2D eigenvalue weighted by Crippen LogP contribution is -2.17. The van der Waals surface area contributed by atoms with E-state index in [-0.39, 0.29) is 6.04 Å². The Bertz CT molecular complexity index is 522. The van der Waals surface area contributed by atoms with Crippen molar-refractivity contribution in [1.82, 2.24) is 25.5 Å². The Kier molecular flexibility index (Phi) is 3.54. The largest absolute Gasteiger partial charge is 0.311 e. The van der Waals surface area contributed by atoms with Crippen molar-refractivity contribution in [3.8, 4) is 5.69 Å². The van der Waals surface area contributed by atoms with Crippen molar-refractivity contribution in [3.63, 3.8) is 0 Å². The minimum absolute atomic E-state index is 0.106. The van der Waals surface area contributed by atoms with Crippen LogP contribution in [0.4, 0.5) is 0 Å². The van der Waals surface area contributed by atoms with Crippen LogP contribution in [0.3, 0.4) is 0 Å². The number of hydrogen-bond donors (Lipinski definition) is 1. The smallest absolute Gasteiger partial charge is 0.173 e. The molecule has 1 N–H and O–H groups in total. The summed E-state index contributed by atoms with van der Waals surface area (Å²) < 4.78 is 2.83. The third-order valence-electron chi connectivity index (χ3n) is 2.70. The molecule has 1 aromatic heterocycles. The minimum atomic E-state index is 0.106. The molecule has 0 bridgehead atoms. The van der Waals surface area contributed by atoms with E-state index in [4.69, 9.17) is 0 Å². The lowest BCUT2D eigenvalue weighted by atomic mass is 10.2. The van der Waals surface area contributed by atoms with Gasteiger partial charge in [-0.3, -0.25) is 0 Å². The summed E-state index contributed by atoms with van der Waals surface area (Å²) in [4.78, 5) is 0. The Hall–Kier alpha value is -1.27. The van der Waals surface area contributed by atoms with Crippen LogP contribution in [-0.2, 0) is 0 Å². The van der Waals surface area contributed by atoms with E-state index in [2.05, 4.69) is 36.8 Å². The number of nitrogens with zero attached hydrogens (tertiary/aromatic N) is 4. The van der Waals surface area contributed by atoms with Crippen molar-refractivity contribution in [2.75, 3.05) is 7.05 Å². The first-order valence-electron chi connectivity index (χ1n) is 5.35. The van der Waals surface area contributed by atoms with Gasteiger partial charge in [0.1, 0.15) is 0 Å². The Morgan fingerprint density at radius 3 is 2.82 bits per heavy atom. The van der Waals surface area contributed by atoms with E-state index in [1.807, 2.05) is 39.1 Å². The molecule has 0 saturated carbocycles. The predicted molar refractivity (Wildman–Crippen MR) is 69.1 cm³/mol. The highest BCUT2D eigenvalue weighted by atomic mass is 79.9. The fourth-order valence-corrected chi connectivity index (χ4v) is 1.78. The molecule has 0 aliphatic rings. The number of tetrazole rings is 1. The number of rotatable bonds is 3. The van der Waals surface area contributed by atoms with Gasteiger partial charge in [0.05, 0.1) is 11.7 Å². The first kappa shape index (κ1) is 12.2. The fourth-order valence-electron chi connectivity index (χ4n) is 1.54. The zero-order valence-corrected chi connectivity index (χ0v) is 11.6. The topological polar surface area (TPSA) is 55.6 Å². The van der Waals surface area contributed by atoms with Crippen LogP contribution in [0.25, 0.3) is 5.69 Å². The van der Waals surface area contributed by atoms with E-state index < -0.39 is 0 Å². The van der Waals surface area contributed by atoms with Crippen LogP contribution >= 0.6 is 15.9 Å². The van der Waals surface area contributed by atoms with E-state index >= 15 is 0 Å². The van der Waals surface area contributed by atoms with Gasteiger partial charge in [-0.25, -0.2) is 0 Å². The van der Waals surface area contributed by atoms with E-state index in [0.29, 0.717) is 0 Å². The van der Waals surface area contributed by atoms with Gasteiger partial charge < -0.3 is 5.32 Å². The summed E-state index contributed by atoms with van der Waals surface area (Å²) in [5.74, 6) is 0.800. The van der Waals surface area contributed by atoms with Crippen molar-refractivity contribution in [3.05, 3.63) is 34.1 Å². The SMILES string of the molecule is CNC(C)c1nnnn1-c1ccc(Br)c(C)c1. The van der Waals surface area contributed by atoms with Gasteiger partial charge in [0.25, 0.3) is 0 Å². The van der Waals surface area contributed by atoms with Gasteiger partial charge in [-0.1, -0.05) is 15.9 Å². The first-order chi connectivity index (χ1) is 8.13. The van der Waals surface area contributed by atoms with Gasteiger partial charge >= 0.3 is 0 Å². The highest BCUT2D eigenvalue weighted by Crippen LogP contribution is 2.20. The normalized spacial score (nSPS) is 12.7. The molecular weight excluding hydrogens is 282 g/mol. The molecule has 1 aromatic carbocycles. The highest BCUT2D eigenvalue weighted by molar-refractivity contribution is 9.10. The monoisotopic (exact) mass is 295 g/mol. The van der Waals surface area contributed by atoms with Crippen molar-refractivity contribution in [1.29, 1.82) is 0 Å². The Morgan fingerprint density at radius 1 is 1.41 bits per heavy atom. The van der Waals surface area contributed by atoms with E-state index in [9.17, 15) is 0 Å². The van der Waals surface area contributed by atoms with Crippen LogP contribution < -0.4 is 5.32 Å². The van der Waals surface area contributed by atoms with Crippen molar-refractivity contribution < 1.29 is 0 Å². The van der Waals surface area contributed by atoms with Gasteiger partial charge in [-0.2, -0.15) is 4.68 Å². The van der Waals surface area contributed by atoms with E-state index in [1.54, 1.807) is 4.68 Å². The first-order valence-corrected chi connectivity index (χ1v) is 6.15.